The fraction of sp³-hybridized carbons (Fsp3) is 0.533. The van der Waals surface area contributed by atoms with E-state index >= 15 is 0 Å². The lowest BCUT2D eigenvalue weighted by atomic mass is 10.0. The van der Waals surface area contributed by atoms with Crippen LogP contribution in [-0.2, 0) is 27.2 Å². The molecule has 8 nitrogen and oxygen atoms in total. The number of cyclic esters (lactones) is 1. The number of hydroxylamine groups is 1. The molecule has 2 N–H and O–H groups in total. The van der Waals surface area contributed by atoms with Crippen molar-refractivity contribution in [2.24, 2.45) is 0 Å². The van der Waals surface area contributed by atoms with Gasteiger partial charge in [0.2, 0.25) is 0 Å². The molecule has 1 fully saturated rings. The van der Waals surface area contributed by atoms with E-state index in [9.17, 15) is 13.6 Å². The lowest BCUT2D eigenvalue weighted by Crippen LogP contribution is -2.44. The second kappa shape index (κ2) is 8.04. The number of carbonyl (C=O) groups is 1. The van der Waals surface area contributed by atoms with Gasteiger partial charge in [-0.05, 0) is 35.7 Å². The summed E-state index contributed by atoms with van der Waals surface area (Å²) in [7, 11) is 1.61. The van der Waals surface area contributed by atoms with Gasteiger partial charge in [0.15, 0.2) is 0 Å². The van der Waals surface area contributed by atoms with Crippen molar-refractivity contribution in [3.05, 3.63) is 29.8 Å². The zero-order valence-corrected chi connectivity index (χ0v) is 14.4. The van der Waals surface area contributed by atoms with Gasteiger partial charge in [-0.2, -0.15) is 0 Å². The molecule has 0 radical (unpaired) electrons. The molecular weight excluding hydrogens is 336 g/mol. The molecule has 0 bridgehead atoms. The van der Waals surface area contributed by atoms with E-state index in [-0.39, 0.29) is 19.5 Å². The van der Waals surface area contributed by atoms with Crippen LogP contribution in [0.25, 0.3) is 0 Å². The summed E-state index contributed by atoms with van der Waals surface area (Å²) in [4.78, 5) is 13.5. The molecule has 1 aliphatic heterocycles. The molecule has 1 heterocycles. The third kappa shape index (κ3) is 4.31. The SMILES string of the molecule is COCc1ccc(N2CC(CC(C)(CNO)S(=O)[O-])OC2=O)cc1. The van der Waals surface area contributed by atoms with E-state index in [2.05, 4.69) is 0 Å². The van der Waals surface area contributed by atoms with Crippen molar-refractivity contribution in [2.75, 3.05) is 25.1 Å². The van der Waals surface area contributed by atoms with Gasteiger partial charge < -0.3 is 19.2 Å². The monoisotopic (exact) mass is 357 g/mol. The third-order valence-electron chi connectivity index (χ3n) is 3.95. The topological polar surface area (TPSA) is 111 Å². The number of amides is 1. The Morgan fingerprint density at radius 1 is 1.50 bits per heavy atom. The Morgan fingerprint density at radius 2 is 2.17 bits per heavy atom. The average molecular weight is 357 g/mol. The minimum absolute atomic E-state index is 0.0840. The molecule has 9 heteroatoms. The van der Waals surface area contributed by atoms with E-state index in [4.69, 9.17) is 14.7 Å². The van der Waals surface area contributed by atoms with Gasteiger partial charge in [0.1, 0.15) is 6.10 Å². The van der Waals surface area contributed by atoms with Crippen LogP contribution < -0.4 is 10.4 Å². The molecule has 3 atom stereocenters. The zero-order valence-electron chi connectivity index (χ0n) is 13.6. The van der Waals surface area contributed by atoms with E-state index < -0.39 is 28.0 Å². The van der Waals surface area contributed by atoms with Crippen LogP contribution in [0.5, 0.6) is 0 Å². The van der Waals surface area contributed by atoms with Crippen LogP contribution in [0, 0.1) is 0 Å². The minimum atomic E-state index is -2.43. The Labute approximate surface area is 143 Å². The van der Waals surface area contributed by atoms with Crippen LogP contribution in [0.4, 0.5) is 10.5 Å². The van der Waals surface area contributed by atoms with E-state index in [1.54, 1.807) is 19.2 Å². The molecule has 3 unspecified atom stereocenters. The Morgan fingerprint density at radius 3 is 2.71 bits per heavy atom. The quantitative estimate of drug-likeness (QED) is 0.530. The number of nitrogens with one attached hydrogen (secondary N) is 1. The van der Waals surface area contributed by atoms with E-state index in [1.165, 1.54) is 11.8 Å². The molecule has 24 heavy (non-hydrogen) atoms. The Hall–Kier alpha value is -1.52. The number of hydrogen-bond acceptors (Lipinski definition) is 7. The number of rotatable bonds is 8. The smallest absolute Gasteiger partial charge is 0.414 e. The summed E-state index contributed by atoms with van der Waals surface area (Å²) in [6.45, 7) is 2.06. The maximum absolute atomic E-state index is 12.1. The number of anilines is 1. The van der Waals surface area contributed by atoms with Gasteiger partial charge in [-0.3, -0.25) is 9.11 Å². The van der Waals surface area contributed by atoms with Crippen molar-refractivity contribution in [3.8, 4) is 0 Å². The maximum Gasteiger partial charge on any atom is 0.414 e. The summed E-state index contributed by atoms with van der Waals surface area (Å²) in [6.07, 6.45) is -1.01. The second-order valence-corrected chi connectivity index (χ2v) is 7.39. The van der Waals surface area contributed by atoms with Crippen LogP contribution in [0.15, 0.2) is 24.3 Å². The minimum Gasteiger partial charge on any atom is -0.772 e. The third-order valence-corrected chi connectivity index (χ3v) is 5.06. The Bertz CT molecular complexity index is 596. The Kier molecular flexibility index (Phi) is 6.30. The summed E-state index contributed by atoms with van der Waals surface area (Å²) < 4.78 is 31.9. The molecule has 0 spiro atoms. The molecule has 0 saturated carbocycles. The average Bonchev–Trinajstić information content (AvgIpc) is 2.88. The summed E-state index contributed by atoms with van der Waals surface area (Å²) in [5, 5.41) is 8.82. The largest absolute Gasteiger partial charge is 0.772 e. The van der Waals surface area contributed by atoms with Crippen LogP contribution in [0.2, 0.25) is 0 Å². The molecule has 134 valence electrons. The van der Waals surface area contributed by atoms with E-state index in [0.29, 0.717) is 12.3 Å². The van der Waals surface area contributed by atoms with Gasteiger partial charge >= 0.3 is 6.09 Å². The first-order valence-electron chi connectivity index (χ1n) is 7.42. The maximum atomic E-state index is 12.1. The first-order chi connectivity index (χ1) is 11.4. The highest BCUT2D eigenvalue weighted by Gasteiger charge is 2.38. The molecule has 1 aromatic carbocycles. The normalized spacial score (nSPS) is 21.4. The van der Waals surface area contributed by atoms with Crippen molar-refractivity contribution in [3.63, 3.8) is 0 Å². The predicted molar refractivity (Wildman–Crippen MR) is 86.5 cm³/mol. The van der Waals surface area contributed by atoms with Crippen LogP contribution in [0.3, 0.4) is 0 Å². The molecular formula is C15H21N2O6S-. The fourth-order valence-electron chi connectivity index (χ4n) is 2.63. The number of ether oxygens (including phenoxy) is 2. The molecule has 1 aromatic rings. The molecule has 0 aliphatic carbocycles. The predicted octanol–water partition coefficient (Wildman–Crippen LogP) is 1.16. The van der Waals surface area contributed by atoms with Gasteiger partial charge in [-0.25, -0.2) is 10.3 Å². The van der Waals surface area contributed by atoms with E-state index in [1.807, 2.05) is 17.6 Å². The second-order valence-electron chi connectivity index (χ2n) is 5.94. The van der Waals surface area contributed by atoms with Crippen molar-refractivity contribution in [2.45, 2.75) is 30.8 Å². The van der Waals surface area contributed by atoms with Crippen LogP contribution in [0.1, 0.15) is 18.9 Å². The summed E-state index contributed by atoms with van der Waals surface area (Å²) in [6, 6.07) is 7.29. The first kappa shape index (κ1) is 18.8. The van der Waals surface area contributed by atoms with Crippen LogP contribution in [-0.4, -0.2) is 51.1 Å². The van der Waals surface area contributed by atoms with Gasteiger partial charge in [0.25, 0.3) is 0 Å². The molecule has 1 saturated heterocycles. The highest BCUT2D eigenvalue weighted by molar-refractivity contribution is 7.80. The first-order valence-corrected chi connectivity index (χ1v) is 8.49. The van der Waals surface area contributed by atoms with Crippen molar-refractivity contribution in [1.82, 2.24) is 5.48 Å². The summed E-state index contributed by atoms with van der Waals surface area (Å²) in [5.74, 6) is 0. The number of methoxy groups -OCH3 is 1. The molecule has 0 aromatic heterocycles. The Balaban J connectivity index is 2.06. The van der Waals surface area contributed by atoms with Gasteiger partial charge in [0.05, 0.1) is 13.2 Å². The summed E-state index contributed by atoms with van der Waals surface area (Å²) >= 11 is -2.43. The van der Waals surface area contributed by atoms with Crippen molar-refractivity contribution in [1.29, 1.82) is 0 Å². The highest BCUT2D eigenvalue weighted by atomic mass is 32.2. The zero-order chi connectivity index (χ0) is 17.7. The van der Waals surface area contributed by atoms with Gasteiger partial charge in [-0.15, -0.1) is 0 Å². The number of benzene rings is 1. The fourth-order valence-corrected chi connectivity index (χ4v) is 3.13. The summed E-state index contributed by atoms with van der Waals surface area (Å²) in [5.41, 5.74) is 3.53. The lowest BCUT2D eigenvalue weighted by Gasteiger charge is -2.32. The van der Waals surface area contributed by atoms with Crippen molar-refractivity contribution >= 4 is 22.9 Å². The molecule has 2 rings (SSSR count). The highest BCUT2D eigenvalue weighted by Crippen LogP contribution is 2.28. The van der Waals surface area contributed by atoms with E-state index in [0.717, 1.165) is 5.56 Å². The number of hydrogen-bond donors (Lipinski definition) is 2. The van der Waals surface area contributed by atoms with Gasteiger partial charge in [0, 0.05) is 30.5 Å². The van der Waals surface area contributed by atoms with Crippen molar-refractivity contribution < 1.29 is 28.2 Å². The molecule has 1 aliphatic rings. The standard InChI is InChI=1S/C15H22N2O6S/c1-15(10-16-19,24(20)21)7-13-8-17(14(18)23-13)12-5-3-11(4-6-12)9-22-2/h3-6,13,16,19H,7-10H2,1-2H3,(H,20,21)/p-1. The van der Waals surface area contributed by atoms with Gasteiger partial charge in [-0.1, -0.05) is 12.1 Å². The number of nitrogens with zero attached hydrogens (tertiary/aromatic N) is 1. The molecule has 1 amide bonds. The lowest BCUT2D eigenvalue weighted by molar-refractivity contribution is 0.115. The number of carbonyl (C=O) groups excluding carboxylic acids is 1. The van der Waals surface area contributed by atoms with Crippen LogP contribution >= 0.6 is 0 Å².